The van der Waals surface area contributed by atoms with Crippen molar-refractivity contribution in [2.75, 3.05) is 6.54 Å². The molecule has 0 saturated carbocycles. The van der Waals surface area contributed by atoms with E-state index in [0.29, 0.717) is 6.04 Å². The largest absolute Gasteiger partial charge is 0.310 e. The topological polar surface area (TPSA) is 12.0 Å². The lowest BCUT2D eigenvalue weighted by Crippen LogP contribution is -2.25. The molecule has 1 heterocycles. The van der Waals surface area contributed by atoms with Crippen LogP contribution in [0.25, 0.3) is 0 Å². The van der Waals surface area contributed by atoms with Crippen molar-refractivity contribution in [2.24, 2.45) is 0 Å². The molecule has 3 heteroatoms. The van der Waals surface area contributed by atoms with Crippen molar-refractivity contribution in [3.05, 3.63) is 19.4 Å². The lowest BCUT2D eigenvalue weighted by Gasteiger charge is -2.23. The van der Waals surface area contributed by atoms with Gasteiger partial charge in [0.1, 0.15) is 0 Å². The van der Waals surface area contributed by atoms with Gasteiger partial charge in [-0.3, -0.25) is 0 Å². The van der Waals surface area contributed by atoms with Gasteiger partial charge in [0, 0.05) is 17.3 Å². The molecule has 1 aromatic rings. The molecule has 1 aliphatic carbocycles. The van der Waals surface area contributed by atoms with E-state index >= 15 is 0 Å². The smallest absolute Gasteiger partial charge is 0.0659 e. The van der Waals surface area contributed by atoms with E-state index in [1.807, 2.05) is 11.3 Å². The van der Waals surface area contributed by atoms with Crippen LogP contribution in [0, 0.1) is 15.2 Å². The average Bonchev–Trinajstić information content (AvgIpc) is 2.70. The highest BCUT2D eigenvalue weighted by atomic mass is 127. The van der Waals surface area contributed by atoms with Crippen LogP contribution in [0.5, 0.6) is 0 Å². The van der Waals surface area contributed by atoms with Crippen LogP contribution in [0.3, 0.4) is 0 Å². The van der Waals surface area contributed by atoms with E-state index in [4.69, 9.17) is 6.42 Å². The summed E-state index contributed by atoms with van der Waals surface area (Å²) in [5.41, 5.74) is 1.56. The fourth-order valence-corrected chi connectivity index (χ4v) is 4.48. The Morgan fingerprint density at radius 1 is 1.53 bits per heavy atom. The Hall–Kier alpha value is -0.0500. The lowest BCUT2D eigenvalue weighted by atomic mass is 9.94. The van der Waals surface area contributed by atoms with Gasteiger partial charge < -0.3 is 5.32 Å². The molecule has 1 unspecified atom stereocenters. The Kier molecular flexibility index (Phi) is 5.33. The van der Waals surface area contributed by atoms with Gasteiger partial charge in [-0.05, 0) is 72.9 Å². The highest BCUT2D eigenvalue weighted by molar-refractivity contribution is 14.1. The van der Waals surface area contributed by atoms with Gasteiger partial charge >= 0.3 is 0 Å². The van der Waals surface area contributed by atoms with Crippen LogP contribution in [-0.2, 0) is 6.42 Å². The van der Waals surface area contributed by atoms with Crippen molar-refractivity contribution in [1.82, 2.24) is 5.32 Å². The van der Waals surface area contributed by atoms with Crippen LogP contribution in [0.15, 0.2) is 6.07 Å². The van der Waals surface area contributed by atoms with Gasteiger partial charge in [0.05, 0.1) is 2.88 Å². The molecular formula is C14H18INS. The molecule has 1 aliphatic rings. The number of hydrogen-bond donors (Lipinski definition) is 1. The van der Waals surface area contributed by atoms with Crippen LogP contribution in [0.2, 0.25) is 0 Å². The minimum Gasteiger partial charge on any atom is -0.310 e. The molecular weight excluding hydrogens is 341 g/mol. The number of nitrogens with one attached hydrogen (secondary N) is 1. The molecule has 0 spiro atoms. The summed E-state index contributed by atoms with van der Waals surface area (Å²) in [7, 11) is 0. The standard InChI is InChI=1S/C14H18INS/c1-2-3-4-5-9-16-12-7-6-8-13-11(12)10-14(15)17-13/h1,10,12,16H,3-9H2. The van der Waals surface area contributed by atoms with Gasteiger partial charge in [0.25, 0.3) is 0 Å². The Balaban J connectivity index is 1.84. The van der Waals surface area contributed by atoms with Crippen LogP contribution in [-0.4, -0.2) is 6.54 Å². The molecule has 0 bridgehead atoms. The monoisotopic (exact) mass is 359 g/mol. The maximum absolute atomic E-state index is 5.25. The zero-order valence-corrected chi connectivity index (χ0v) is 12.9. The van der Waals surface area contributed by atoms with Crippen LogP contribution in [0.4, 0.5) is 0 Å². The van der Waals surface area contributed by atoms with E-state index in [2.05, 4.69) is 39.9 Å². The molecule has 2 rings (SSSR count). The lowest BCUT2D eigenvalue weighted by molar-refractivity contribution is 0.456. The molecule has 1 nitrogen and oxygen atoms in total. The van der Waals surface area contributed by atoms with E-state index in [9.17, 15) is 0 Å². The van der Waals surface area contributed by atoms with E-state index in [0.717, 1.165) is 19.4 Å². The third-order valence-electron chi connectivity index (χ3n) is 3.22. The summed E-state index contributed by atoms with van der Waals surface area (Å²) in [6.45, 7) is 1.10. The quantitative estimate of drug-likeness (QED) is 0.474. The summed E-state index contributed by atoms with van der Waals surface area (Å²) in [5, 5.41) is 3.68. The maximum Gasteiger partial charge on any atom is 0.0659 e. The van der Waals surface area contributed by atoms with Crippen LogP contribution < -0.4 is 5.32 Å². The van der Waals surface area contributed by atoms with Crippen molar-refractivity contribution in [3.63, 3.8) is 0 Å². The van der Waals surface area contributed by atoms with E-state index in [1.54, 1.807) is 10.4 Å². The number of hydrogen-bond acceptors (Lipinski definition) is 2. The molecule has 1 atom stereocenters. The fourth-order valence-electron chi connectivity index (χ4n) is 2.36. The first-order valence-electron chi connectivity index (χ1n) is 6.26. The van der Waals surface area contributed by atoms with Gasteiger partial charge in [-0.1, -0.05) is 0 Å². The SMILES string of the molecule is C#CCCCCNC1CCCc2sc(I)cc21. The van der Waals surface area contributed by atoms with Gasteiger partial charge in [-0.15, -0.1) is 23.7 Å². The molecule has 17 heavy (non-hydrogen) atoms. The zero-order chi connectivity index (χ0) is 12.1. The molecule has 0 amide bonds. The first kappa shape index (κ1) is 13.4. The molecule has 1 aromatic heterocycles. The molecule has 0 aliphatic heterocycles. The highest BCUT2D eigenvalue weighted by Gasteiger charge is 2.21. The van der Waals surface area contributed by atoms with E-state index in [1.165, 1.54) is 28.6 Å². The Morgan fingerprint density at radius 3 is 3.24 bits per heavy atom. The predicted molar refractivity (Wildman–Crippen MR) is 83.4 cm³/mol. The zero-order valence-electron chi connectivity index (χ0n) is 9.97. The number of aryl methyl sites for hydroxylation is 1. The van der Waals surface area contributed by atoms with Gasteiger partial charge in [0.15, 0.2) is 0 Å². The number of unbranched alkanes of at least 4 members (excludes halogenated alkanes) is 2. The van der Waals surface area contributed by atoms with Crippen LogP contribution in [0.1, 0.15) is 48.6 Å². The van der Waals surface area contributed by atoms with Gasteiger partial charge in [-0.25, -0.2) is 0 Å². The third kappa shape index (κ3) is 3.70. The molecule has 0 radical (unpaired) electrons. The molecule has 0 saturated heterocycles. The fraction of sp³-hybridized carbons (Fsp3) is 0.571. The van der Waals surface area contributed by atoms with E-state index in [-0.39, 0.29) is 0 Å². The van der Waals surface area contributed by atoms with Crippen molar-refractivity contribution in [3.8, 4) is 12.3 Å². The second kappa shape index (κ2) is 6.77. The average molecular weight is 359 g/mol. The van der Waals surface area contributed by atoms with Crippen molar-refractivity contribution in [1.29, 1.82) is 0 Å². The summed E-state index contributed by atoms with van der Waals surface area (Å²) in [5.74, 6) is 2.70. The van der Waals surface area contributed by atoms with E-state index < -0.39 is 0 Å². The number of fused-ring (bicyclic) bond motifs is 1. The summed E-state index contributed by atoms with van der Waals surface area (Å²) >= 11 is 4.40. The predicted octanol–water partition coefficient (Wildman–Crippen LogP) is 4.12. The summed E-state index contributed by atoms with van der Waals surface area (Å²) in [6.07, 6.45) is 12.4. The number of halogens is 1. The summed E-state index contributed by atoms with van der Waals surface area (Å²) < 4.78 is 1.42. The summed E-state index contributed by atoms with van der Waals surface area (Å²) in [4.78, 5) is 1.60. The van der Waals surface area contributed by atoms with Crippen LogP contribution >= 0.6 is 33.9 Å². The van der Waals surface area contributed by atoms with Crippen molar-refractivity contribution < 1.29 is 0 Å². The normalized spacial score (nSPS) is 18.7. The second-order valence-electron chi connectivity index (χ2n) is 4.49. The van der Waals surface area contributed by atoms with Crippen molar-refractivity contribution in [2.45, 2.75) is 44.6 Å². The first-order chi connectivity index (χ1) is 8.31. The van der Waals surface area contributed by atoms with Crippen molar-refractivity contribution >= 4 is 33.9 Å². The van der Waals surface area contributed by atoms with Gasteiger partial charge in [-0.2, -0.15) is 0 Å². The Labute approximate surface area is 122 Å². The minimum atomic E-state index is 0.587. The second-order valence-corrected chi connectivity index (χ2v) is 7.52. The molecule has 0 aromatic carbocycles. The number of rotatable bonds is 5. The maximum atomic E-state index is 5.25. The number of thiophene rings is 1. The molecule has 1 N–H and O–H groups in total. The molecule has 0 fully saturated rings. The van der Waals surface area contributed by atoms with Gasteiger partial charge in [0.2, 0.25) is 0 Å². The highest BCUT2D eigenvalue weighted by Crippen LogP contribution is 2.36. The third-order valence-corrected chi connectivity index (χ3v) is 5.19. The minimum absolute atomic E-state index is 0.587. The Morgan fingerprint density at radius 2 is 2.41 bits per heavy atom. The molecule has 92 valence electrons. The Bertz CT molecular complexity index is 405. The first-order valence-corrected chi connectivity index (χ1v) is 8.15. The number of terminal acetylenes is 1. The summed E-state index contributed by atoms with van der Waals surface area (Å²) in [6, 6.07) is 2.95.